The number of nitrogens with one attached hydrogen (secondary N) is 2. The molecule has 2 aliphatic heterocycles. The molecule has 3 atom stereocenters. The van der Waals surface area contributed by atoms with Gasteiger partial charge in [0.2, 0.25) is 5.91 Å². The highest BCUT2D eigenvalue weighted by molar-refractivity contribution is 5.90. The number of benzene rings is 2. The molecule has 194 valence electrons. The van der Waals surface area contributed by atoms with Gasteiger partial charge in [-0.15, -0.1) is 0 Å². The van der Waals surface area contributed by atoms with Crippen LogP contribution in [0, 0.1) is 33.2 Å². The summed E-state index contributed by atoms with van der Waals surface area (Å²) in [6.45, 7) is 4.44. The predicted octanol–water partition coefficient (Wildman–Crippen LogP) is 3.42. The summed E-state index contributed by atoms with van der Waals surface area (Å²) in [5.74, 6) is -0.941. The first-order valence-corrected chi connectivity index (χ1v) is 11.8. The number of non-ortho nitro benzene ring substituents is 1. The van der Waals surface area contributed by atoms with Crippen molar-refractivity contribution < 1.29 is 23.6 Å². The smallest absolute Gasteiger partial charge is 0.414 e. The van der Waals surface area contributed by atoms with Gasteiger partial charge in [0, 0.05) is 50.2 Å². The van der Waals surface area contributed by atoms with Crippen LogP contribution in [0.2, 0.25) is 0 Å². The van der Waals surface area contributed by atoms with Crippen LogP contribution in [-0.4, -0.2) is 54.7 Å². The van der Waals surface area contributed by atoms with Gasteiger partial charge in [-0.3, -0.25) is 19.8 Å². The number of hydrogen-bond donors (Lipinski definition) is 2. The summed E-state index contributed by atoms with van der Waals surface area (Å²) < 4.78 is 20.5. The van der Waals surface area contributed by atoms with Crippen molar-refractivity contribution in [3.8, 4) is 6.07 Å². The highest BCUT2D eigenvalue weighted by Crippen LogP contribution is 2.36. The molecule has 12 heteroatoms. The van der Waals surface area contributed by atoms with Crippen LogP contribution in [0.3, 0.4) is 0 Å². The summed E-state index contributed by atoms with van der Waals surface area (Å²) in [6.07, 6.45) is -0.735. The standard InChI is InChI=1S/C25H27FN6O5/c1-16-13-30(10-9-25(16,15-27)29-18-3-5-19(6-4-18)32(35)36)23-8-7-20(11-22(23)26)31-14-21(37-24(31)34)12-28-17(2)33/h3-8,11,16,21,29H,9-10,12-14H2,1-2H3,(H,28,33). The fourth-order valence-electron chi connectivity index (χ4n) is 4.67. The van der Waals surface area contributed by atoms with Gasteiger partial charge in [0.05, 0.1) is 35.5 Å². The van der Waals surface area contributed by atoms with Crippen molar-refractivity contribution in [3.05, 3.63) is 58.4 Å². The second kappa shape index (κ2) is 10.3. The molecule has 0 saturated carbocycles. The van der Waals surface area contributed by atoms with Crippen LogP contribution in [0.5, 0.6) is 0 Å². The van der Waals surface area contributed by atoms with Crippen molar-refractivity contribution in [2.75, 3.05) is 41.3 Å². The molecule has 3 unspecified atom stereocenters. The summed E-state index contributed by atoms with van der Waals surface area (Å²) in [6, 6.07) is 12.8. The Kier molecular flexibility index (Phi) is 7.15. The Hall–Kier alpha value is -4.40. The number of piperidine rings is 1. The number of halogens is 1. The first-order valence-electron chi connectivity index (χ1n) is 11.8. The van der Waals surface area contributed by atoms with Crippen molar-refractivity contribution in [3.63, 3.8) is 0 Å². The molecule has 0 aromatic heterocycles. The molecule has 0 spiro atoms. The van der Waals surface area contributed by atoms with E-state index in [0.29, 0.717) is 36.6 Å². The number of carbonyl (C=O) groups is 2. The second-order valence-corrected chi connectivity index (χ2v) is 9.30. The molecule has 2 N–H and O–H groups in total. The van der Waals surface area contributed by atoms with E-state index in [-0.39, 0.29) is 30.6 Å². The van der Waals surface area contributed by atoms with Gasteiger partial charge in [0.25, 0.3) is 5.69 Å². The van der Waals surface area contributed by atoms with Crippen LogP contribution in [-0.2, 0) is 9.53 Å². The van der Waals surface area contributed by atoms with Crippen molar-refractivity contribution in [1.82, 2.24) is 5.32 Å². The third-order valence-electron chi connectivity index (χ3n) is 6.79. The van der Waals surface area contributed by atoms with Crippen molar-refractivity contribution >= 4 is 34.7 Å². The van der Waals surface area contributed by atoms with Crippen LogP contribution < -0.4 is 20.4 Å². The largest absolute Gasteiger partial charge is 0.442 e. The molecule has 2 saturated heterocycles. The molecular weight excluding hydrogens is 483 g/mol. The first kappa shape index (κ1) is 25.7. The molecule has 2 heterocycles. The molecule has 37 heavy (non-hydrogen) atoms. The zero-order valence-corrected chi connectivity index (χ0v) is 20.4. The van der Waals surface area contributed by atoms with Crippen LogP contribution >= 0.6 is 0 Å². The van der Waals surface area contributed by atoms with Gasteiger partial charge in [0.15, 0.2) is 0 Å². The highest BCUT2D eigenvalue weighted by atomic mass is 19.1. The normalized spacial score (nSPS) is 23.2. The molecule has 0 bridgehead atoms. The van der Waals surface area contributed by atoms with Crippen molar-refractivity contribution in [1.29, 1.82) is 5.26 Å². The van der Waals surface area contributed by atoms with E-state index >= 15 is 4.39 Å². The number of carbonyl (C=O) groups excluding carboxylic acids is 2. The summed E-state index contributed by atoms with van der Waals surface area (Å²) >= 11 is 0. The van der Waals surface area contributed by atoms with Crippen molar-refractivity contribution in [2.24, 2.45) is 5.92 Å². The number of rotatable bonds is 7. The van der Waals surface area contributed by atoms with E-state index in [9.17, 15) is 25.0 Å². The van der Waals surface area contributed by atoms with Gasteiger partial charge >= 0.3 is 6.09 Å². The molecule has 11 nitrogen and oxygen atoms in total. The fraction of sp³-hybridized carbons (Fsp3) is 0.400. The number of hydrogen-bond acceptors (Lipinski definition) is 8. The minimum Gasteiger partial charge on any atom is -0.442 e. The fourth-order valence-corrected chi connectivity index (χ4v) is 4.67. The number of ether oxygens (including phenoxy) is 1. The molecule has 4 rings (SSSR count). The monoisotopic (exact) mass is 510 g/mol. The SMILES string of the molecule is CC(=O)NCC1CN(c2ccc(N3CCC(C#N)(Nc4ccc([N+](=O)[O-])cc4)C(C)C3)c(F)c2)C(=O)O1. The lowest BCUT2D eigenvalue weighted by Gasteiger charge is -2.44. The third kappa shape index (κ3) is 5.40. The highest BCUT2D eigenvalue weighted by Gasteiger charge is 2.42. The number of nitriles is 1. The molecule has 2 aromatic carbocycles. The Bertz CT molecular complexity index is 1250. The van der Waals surface area contributed by atoms with Gasteiger partial charge < -0.3 is 20.3 Å². The van der Waals surface area contributed by atoms with Crippen LogP contribution in [0.4, 0.5) is 31.9 Å². The predicted molar refractivity (Wildman–Crippen MR) is 134 cm³/mol. The second-order valence-electron chi connectivity index (χ2n) is 9.30. The maximum absolute atomic E-state index is 15.2. The third-order valence-corrected chi connectivity index (χ3v) is 6.79. The van der Waals surface area contributed by atoms with Gasteiger partial charge in [-0.2, -0.15) is 5.26 Å². The van der Waals surface area contributed by atoms with E-state index in [4.69, 9.17) is 4.74 Å². The Morgan fingerprint density at radius 2 is 2.03 bits per heavy atom. The summed E-state index contributed by atoms with van der Waals surface area (Å²) in [7, 11) is 0. The van der Waals surface area contributed by atoms with Crippen LogP contribution in [0.1, 0.15) is 20.3 Å². The zero-order valence-electron chi connectivity index (χ0n) is 20.4. The van der Waals surface area contributed by atoms with E-state index in [1.807, 2.05) is 11.8 Å². The zero-order chi connectivity index (χ0) is 26.7. The molecule has 2 amide bonds. The molecule has 2 aliphatic rings. The lowest BCUT2D eigenvalue weighted by Crippen LogP contribution is -2.54. The average Bonchev–Trinajstić information content (AvgIpc) is 3.24. The van der Waals surface area contributed by atoms with Gasteiger partial charge in [-0.25, -0.2) is 9.18 Å². The van der Waals surface area contributed by atoms with E-state index in [2.05, 4.69) is 16.7 Å². The number of amides is 2. The van der Waals surface area contributed by atoms with Gasteiger partial charge in [-0.1, -0.05) is 6.92 Å². The molecular formula is C25H27FN6O5. The van der Waals surface area contributed by atoms with E-state index in [1.165, 1.54) is 30.0 Å². The van der Waals surface area contributed by atoms with Crippen LogP contribution in [0.15, 0.2) is 42.5 Å². The maximum atomic E-state index is 15.2. The Balaban J connectivity index is 1.43. The van der Waals surface area contributed by atoms with E-state index in [1.54, 1.807) is 24.3 Å². The Morgan fingerprint density at radius 1 is 1.30 bits per heavy atom. The number of nitro groups is 1. The van der Waals surface area contributed by atoms with E-state index < -0.39 is 28.5 Å². The van der Waals surface area contributed by atoms with E-state index in [0.717, 1.165) is 0 Å². The first-order chi connectivity index (χ1) is 17.6. The maximum Gasteiger partial charge on any atom is 0.414 e. The number of cyclic esters (lactones) is 1. The van der Waals surface area contributed by atoms with Gasteiger partial charge in [-0.05, 0) is 30.3 Å². The number of anilines is 3. The summed E-state index contributed by atoms with van der Waals surface area (Å²) in [5, 5.41) is 26.8. The average molecular weight is 511 g/mol. The quantitative estimate of drug-likeness (QED) is 0.426. The molecule has 0 radical (unpaired) electrons. The molecule has 0 aliphatic carbocycles. The lowest BCUT2D eigenvalue weighted by atomic mass is 9.79. The molecule has 2 aromatic rings. The van der Waals surface area contributed by atoms with Gasteiger partial charge in [0.1, 0.15) is 17.5 Å². The number of nitro benzene ring substituents is 1. The Labute approximate surface area is 212 Å². The lowest BCUT2D eigenvalue weighted by molar-refractivity contribution is -0.384. The molecule has 2 fully saturated rings. The Morgan fingerprint density at radius 3 is 2.62 bits per heavy atom. The van der Waals surface area contributed by atoms with Crippen molar-refractivity contribution in [2.45, 2.75) is 31.9 Å². The summed E-state index contributed by atoms with van der Waals surface area (Å²) in [4.78, 5) is 37.0. The van der Waals surface area contributed by atoms with Crippen LogP contribution in [0.25, 0.3) is 0 Å². The summed E-state index contributed by atoms with van der Waals surface area (Å²) in [5.41, 5.74) is 0.347. The topological polar surface area (TPSA) is 141 Å². The minimum atomic E-state index is -0.925. The minimum absolute atomic E-state index is 0.0382. The number of nitrogens with zero attached hydrogens (tertiary/aromatic N) is 4.